The van der Waals surface area contributed by atoms with Gasteiger partial charge in [0.05, 0.1) is 0 Å². The highest BCUT2D eigenvalue weighted by Crippen LogP contribution is 2.19. The third kappa shape index (κ3) is 934. The molecule has 0 aromatic carbocycles. The lowest BCUT2D eigenvalue weighted by atomic mass is 10.4. The summed E-state index contributed by atoms with van der Waals surface area (Å²) in [5.41, 5.74) is 3.91. The number of hydrogen-bond acceptors (Lipinski definition) is 3. The van der Waals surface area contributed by atoms with Gasteiger partial charge in [0, 0.05) is 0 Å². The molecule has 0 amide bonds. The maximum Gasteiger partial charge on any atom is 0.294 e. The molecular weight excluding hydrogens is 200 g/mol. The first kappa shape index (κ1) is 13.3. The molecular formula is C4H10Cl3NO2. The van der Waals surface area contributed by atoms with Gasteiger partial charge in [-0.1, -0.05) is 34.8 Å². The Morgan fingerprint density at radius 3 is 1.10 bits per heavy atom. The molecule has 0 saturated carbocycles. The number of hydrogen-bond donors (Lipinski definition) is 3. The molecule has 4 N–H and O–H groups in total. The van der Waals surface area contributed by atoms with Gasteiger partial charge in [0.1, 0.15) is 5.72 Å². The first-order valence-electron chi connectivity index (χ1n) is 2.30. The Hall–Kier alpha value is 0.750. The average molecular weight is 210 g/mol. The minimum atomic E-state index is -2.08. The predicted molar refractivity (Wildman–Crippen MR) is 43.0 cm³/mol. The Morgan fingerprint density at radius 1 is 1.10 bits per heavy atom. The van der Waals surface area contributed by atoms with Crippen molar-refractivity contribution in [3.05, 3.63) is 0 Å². The fraction of sp³-hybridized carbons (Fsp3) is 1.00. The summed E-state index contributed by atoms with van der Waals surface area (Å²) < 4.78 is -2.08. The van der Waals surface area contributed by atoms with Crippen LogP contribution in [-0.2, 0) is 0 Å². The van der Waals surface area contributed by atoms with E-state index in [0.29, 0.717) is 0 Å². The lowest BCUT2D eigenvalue weighted by Crippen LogP contribution is -2.30. The van der Waals surface area contributed by atoms with E-state index in [2.05, 4.69) is 34.8 Å². The Balaban J connectivity index is 0. The van der Waals surface area contributed by atoms with Crippen LogP contribution in [0.1, 0.15) is 13.8 Å². The van der Waals surface area contributed by atoms with Crippen molar-refractivity contribution in [1.82, 2.24) is 0 Å². The number of alkyl halides is 3. The highest BCUT2D eigenvalue weighted by molar-refractivity contribution is 6.65. The lowest BCUT2D eigenvalue weighted by Gasteiger charge is -2.05. The van der Waals surface area contributed by atoms with Crippen LogP contribution in [0.2, 0.25) is 0 Å². The largest absolute Gasteiger partial charge is 0.377 e. The van der Waals surface area contributed by atoms with Gasteiger partial charge in [0.25, 0.3) is 3.98 Å². The average Bonchev–Trinajstić information content (AvgIpc) is 1.12. The molecule has 0 spiro atoms. The quantitative estimate of drug-likeness (QED) is 0.412. The number of rotatable bonds is 0. The number of halogens is 3. The molecule has 0 atom stereocenters. The summed E-state index contributed by atoms with van der Waals surface area (Å²) in [4.78, 5) is 0. The molecule has 0 radical (unpaired) electrons. The molecule has 10 heavy (non-hydrogen) atoms. The van der Waals surface area contributed by atoms with Crippen LogP contribution in [0.5, 0.6) is 0 Å². The van der Waals surface area contributed by atoms with Gasteiger partial charge in [0.15, 0.2) is 0 Å². The van der Waals surface area contributed by atoms with Crippen LogP contribution in [0.15, 0.2) is 0 Å². The van der Waals surface area contributed by atoms with Gasteiger partial charge in [-0.05, 0) is 13.8 Å². The lowest BCUT2D eigenvalue weighted by molar-refractivity contribution is 0.0881. The monoisotopic (exact) mass is 209 g/mol. The standard InChI is InChI=1S/C3H9NO.CHCl3O/c1-3(2,4)5;2-1(3,4)5/h5H,4H2,1-2H3;5H. The maximum atomic E-state index is 8.30. The highest BCUT2D eigenvalue weighted by Gasteiger charge is 2.10. The van der Waals surface area contributed by atoms with E-state index in [0.717, 1.165) is 0 Å². The normalized spacial score (nSPS) is 12.0. The molecule has 0 aliphatic rings. The molecule has 0 rings (SSSR count). The Morgan fingerprint density at radius 2 is 1.10 bits per heavy atom. The summed E-state index contributed by atoms with van der Waals surface area (Å²) in [5.74, 6) is 0. The Kier molecular flexibility index (Phi) is 6.13. The van der Waals surface area contributed by atoms with Crippen LogP contribution in [-0.4, -0.2) is 19.9 Å². The van der Waals surface area contributed by atoms with Gasteiger partial charge in [-0.15, -0.1) is 0 Å². The molecule has 0 saturated heterocycles. The van der Waals surface area contributed by atoms with Gasteiger partial charge in [-0.25, -0.2) is 0 Å². The van der Waals surface area contributed by atoms with E-state index in [1.54, 1.807) is 0 Å². The summed E-state index contributed by atoms with van der Waals surface area (Å²) in [5, 5.41) is 16.1. The van der Waals surface area contributed by atoms with Crippen LogP contribution in [0.4, 0.5) is 0 Å². The van der Waals surface area contributed by atoms with E-state index in [1.807, 2.05) is 0 Å². The molecule has 0 bridgehead atoms. The fourth-order valence-electron chi connectivity index (χ4n) is 0. The Labute approximate surface area is 74.7 Å². The molecule has 0 aliphatic carbocycles. The van der Waals surface area contributed by atoms with E-state index >= 15 is 0 Å². The molecule has 64 valence electrons. The first-order valence-corrected chi connectivity index (χ1v) is 3.44. The van der Waals surface area contributed by atoms with E-state index in [-0.39, 0.29) is 0 Å². The third-order valence-corrected chi connectivity index (χ3v) is 0. The first-order chi connectivity index (χ1) is 4.00. The van der Waals surface area contributed by atoms with Crippen molar-refractivity contribution in [2.75, 3.05) is 0 Å². The highest BCUT2D eigenvalue weighted by atomic mass is 35.6. The topological polar surface area (TPSA) is 66.5 Å². The zero-order chi connectivity index (χ0) is 9.00. The van der Waals surface area contributed by atoms with Crippen LogP contribution >= 0.6 is 34.8 Å². The van der Waals surface area contributed by atoms with E-state index in [9.17, 15) is 0 Å². The SMILES string of the molecule is CC(C)(N)O.OC(Cl)(Cl)Cl. The number of nitrogens with two attached hydrogens (primary N) is 1. The zero-order valence-corrected chi connectivity index (χ0v) is 7.87. The third-order valence-electron chi connectivity index (χ3n) is 0. The van der Waals surface area contributed by atoms with Crippen molar-refractivity contribution in [3.8, 4) is 0 Å². The van der Waals surface area contributed by atoms with Crippen molar-refractivity contribution >= 4 is 34.8 Å². The van der Waals surface area contributed by atoms with Crippen molar-refractivity contribution in [2.45, 2.75) is 23.6 Å². The van der Waals surface area contributed by atoms with Gasteiger partial charge in [0.2, 0.25) is 0 Å². The van der Waals surface area contributed by atoms with Crippen LogP contribution in [0.25, 0.3) is 0 Å². The Bertz CT molecular complexity index is 61.5. The van der Waals surface area contributed by atoms with Crippen LogP contribution < -0.4 is 5.73 Å². The van der Waals surface area contributed by atoms with Gasteiger partial charge in [-0.2, -0.15) is 0 Å². The van der Waals surface area contributed by atoms with Gasteiger partial charge < -0.3 is 15.9 Å². The molecule has 0 fully saturated rings. The van der Waals surface area contributed by atoms with Gasteiger partial charge >= 0.3 is 0 Å². The van der Waals surface area contributed by atoms with Crippen molar-refractivity contribution in [3.63, 3.8) is 0 Å². The summed E-state index contributed by atoms with van der Waals surface area (Å²) >= 11 is 13.8. The van der Waals surface area contributed by atoms with E-state index in [4.69, 9.17) is 15.9 Å². The second kappa shape index (κ2) is 4.59. The maximum absolute atomic E-state index is 8.30. The van der Waals surface area contributed by atoms with Crippen molar-refractivity contribution in [1.29, 1.82) is 0 Å². The van der Waals surface area contributed by atoms with Crippen LogP contribution in [0, 0.1) is 0 Å². The molecule has 6 heteroatoms. The molecule has 0 heterocycles. The van der Waals surface area contributed by atoms with Crippen LogP contribution in [0.3, 0.4) is 0 Å². The van der Waals surface area contributed by atoms with E-state index < -0.39 is 9.70 Å². The van der Waals surface area contributed by atoms with Crippen molar-refractivity contribution in [2.24, 2.45) is 5.73 Å². The van der Waals surface area contributed by atoms with Gasteiger partial charge in [-0.3, -0.25) is 0 Å². The minimum Gasteiger partial charge on any atom is -0.377 e. The second-order valence-corrected chi connectivity index (χ2v) is 4.34. The van der Waals surface area contributed by atoms with E-state index in [1.165, 1.54) is 13.8 Å². The van der Waals surface area contributed by atoms with Crippen molar-refractivity contribution < 1.29 is 10.2 Å². The molecule has 3 nitrogen and oxygen atoms in total. The molecule has 0 aromatic rings. The predicted octanol–water partition coefficient (Wildman–Crippen LogP) is 0.980. The minimum absolute atomic E-state index is 1.00. The number of aliphatic hydroxyl groups is 2. The fourth-order valence-corrected chi connectivity index (χ4v) is 0. The summed E-state index contributed by atoms with van der Waals surface area (Å²) in [6.07, 6.45) is 0. The molecule has 0 aromatic heterocycles. The summed E-state index contributed by atoms with van der Waals surface area (Å²) in [6.45, 7) is 3.04. The summed E-state index contributed by atoms with van der Waals surface area (Å²) in [7, 11) is 0. The second-order valence-electron chi connectivity index (χ2n) is 2.12. The molecule has 0 unspecified atom stereocenters. The summed E-state index contributed by atoms with van der Waals surface area (Å²) in [6, 6.07) is 0. The zero-order valence-electron chi connectivity index (χ0n) is 5.61. The smallest absolute Gasteiger partial charge is 0.294 e. The molecule has 0 aliphatic heterocycles.